The standard InChI is InChI=1S/C17H32O5/c1-2-3-4-5-6-7-8-9-10-11-21-15-13-22-17(16(15)20)14(19)12-18/h4-5,14-20H,2-3,6-13H2,1H3/b5-4+/t14-,15+,16-,17-/m0/s1. The Bertz CT molecular complexity index is 295. The third-order valence-corrected chi connectivity index (χ3v) is 3.96. The highest BCUT2D eigenvalue weighted by Crippen LogP contribution is 2.20. The van der Waals surface area contributed by atoms with Crippen LogP contribution in [0.15, 0.2) is 12.2 Å². The lowest BCUT2D eigenvalue weighted by molar-refractivity contribution is -0.0730. The largest absolute Gasteiger partial charge is 0.394 e. The fourth-order valence-corrected chi connectivity index (χ4v) is 2.56. The highest BCUT2D eigenvalue weighted by Gasteiger charge is 2.40. The Balaban J connectivity index is 1.99. The van der Waals surface area contributed by atoms with Crippen molar-refractivity contribution in [3.63, 3.8) is 0 Å². The third-order valence-electron chi connectivity index (χ3n) is 3.96. The summed E-state index contributed by atoms with van der Waals surface area (Å²) in [5.74, 6) is 0. The van der Waals surface area contributed by atoms with Gasteiger partial charge in [-0.1, -0.05) is 38.3 Å². The van der Waals surface area contributed by atoms with Crippen molar-refractivity contribution < 1.29 is 24.8 Å². The summed E-state index contributed by atoms with van der Waals surface area (Å²) in [6, 6.07) is 0. The Hall–Kier alpha value is -0.460. The van der Waals surface area contributed by atoms with Gasteiger partial charge >= 0.3 is 0 Å². The van der Waals surface area contributed by atoms with Gasteiger partial charge in [0.05, 0.1) is 13.2 Å². The molecule has 0 spiro atoms. The highest BCUT2D eigenvalue weighted by molar-refractivity contribution is 4.88. The van der Waals surface area contributed by atoms with E-state index in [4.69, 9.17) is 14.6 Å². The van der Waals surface area contributed by atoms with Crippen LogP contribution in [0.2, 0.25) is 0 Å². The second-order valence-corrected chi connectivity index (χ2v) is 5.91. The summed E-state index contributed by atoms with van der Waals surface area (Å²) in [6.45, 7) is 2.63. The van der Waals surface area contributed by atoms with Gasteiger partial charge in [-0.3, -0.25) is 0 Å². The smallest absolute Gasteiger partial charge is 0.114 e. The van der Waals surface area contributed by atoms with Crippen molar-refractivity contribution in [3.8, 4) is 0 Å². The predicted molar refractivity (Wildman–Crippen MR) is 85.7 cm³/mol. The van der Waals surface area contributed by atoms with Crippen LogP contribution >= 0.6 is 0 Å². The van der Waals surface area contributed by atoms with Crippen LogP contribution in [0, 0.1) is 0 Å². The SMILES string of the molecule is CCC/C=C/CCCCCCO[C@@H]1CO[C@@H]([C@@H](O)CO)[C@H]1O. The Kier molecular flexibility index (Phi) is 10.7. The van der Waals surface area contributed by atoms with Crippen LogP contribution in [0.25, 0.3) is 0 Å². The molecule has 1 fully saturated rings. The number of hydrogen-bond donors (Lipinski definition) is 3. The van der Waals surface area contributed by atoms with Gasteiger partial charge in [-0.25, -0.2) is 0 Å². The van der Waals surface area contributed by atoms with Crippen LogP contribution in [0.3, 0.4) is 0 Å². The molecule has 0 amide bonds. The molecule has 0 aromatic rings. The molecule has 1 aliphatic heterocycles. The van der Waals surface area contributed by atoms with E-state index in [2.05, 4.69) is 19.1 Å². The number of allylic oxidation sites excluding steroid dienone is 2. The maximum absolute atomic E-state index is 9.97. The summed E-state index contributed by atoms with van der Waals surface area (Å²) in [6.07, 6.45) is 9.46. The van der Waals surface area contributed by atoms with Gasteiger partial charge in [0.2, 0.25) is 0 Å². The van der Waals surface area contributed by atoms with E-state index in [9.17, 15) is 10.2 Å². The molecule has 22 heavy (non-hydrogen) atoms. The lowest BCUT2D eigenvalue weighted by Gasteiger charge is -2.20. The average molecular weight is 316 g/mol. The molecule has 0 radical (unpaired) electrons. The Morgan fingerprint density at radius 1 is 1.18 bits per heavy atom. The molecular weight excluding hydrogens is 284 g/mol. The maximum atomic E-state index is 9.97. The van der Waals surface area contributed by atoms with Crippen LogP contribution in [0.5, 0.6) is 0 Å². The minimum Gasteiger partial charge on any atom is -0.394 e. The van der Waals surface area contributed by atoms with Gasteiger partial charge in [-0.15, -0.1) is 0 Å². The van der Waals surface area contributed by atoms with Crippen LogP contribution in [0.1, 0.15) is 51.9 Å². The van der Waals surface area contributed by atoms with E-state index in [-0.39, 0.29) is 6.61 Å². The van der Waals surface area contributed by atoms with Crippen molar-refractivity contribution >= 4 is 0 Å². The van der Waals surface area contributed by atoms with Crippen molar-refractivity contribution in [2.75, 3.05) is 19.8 Å². The quantitative estimate of drug-likeness (QED) is 0.378. The Morgan fingerprint density at radius 3 is 2.64 bits per heavy atom. The molecule has 0 saturated carbocycles. The van der Waals surface area contributed by atoms with Gasteiger partial charge in [-0.2, -0.15) is 0 Å². The molecule has 0 aromatic heterocycles. The molecule has 1 heterocycles. The Labute approximate surface area is 133 Å². The highest BCUT2D eigenvalue weighted by atomic mass is 16.6. The summed E-state index contributed by atoms with van der Waals surface area (Å²) < 4.78 is 10.9. The number of ether oxygens (including phenoxy) is 2. The van der Waals surface area contributed by atoms with Gasteiger partial charge in [-0.05, 0) is 25.7 Å². The van der Waals surface area contributed by atoms with Crippen molar-refractivity contribution in [1.29, 1.82) is 0 Å². The zero-order valence-electron chi connectivity index (χ0n) is 13.7. The first-order chi connectivity index (χ1) is 10.7. The van der Waals surface area contributed by atoms with Gasteiger partial charge in [0.1, 0.15) is 24.4 Å². The minimum absolute atomic E-state index is 0.269. The van der Waals surface area contributed by atoms with Crippen LogP contribution in [-0.4, -0.2) is 59.6 Å². The molecule has 1 aliphatic rings. The number of aliphatic hydroxyl groups is 3. The molecule has 130 valence electrons. The maximum Gasteiger partial charge on any atom is 0.114 e. The molecule has 0 aromatic carbocycles. The molecule has 1 saturated heterocycles. The normalized spacial score (nSPS) is 26.8. The zero-order chi connectivity index (χ0) is 16.2. The summed E-state index contributed by atoms with van der Waals surface area (Å²) >= 11 is 0. The lowest BCUT2D eigenvalue weighted by Crippen LogP contribution is -2.41. The minimum atomic E-state index is -1.05. The summed E-state index contributed by atoms with van der Waals surface area (Å²) in [7, 11) is 0. The fourth-order valence-electron chi connectivity index (χ4n) is 2.56. The van der Waals surface area contributed by atoms with E-state index in [1.54, 1.807) is 0 Å². The van der Waals surface area contributed by atoms with E-state index in [0.29, 0.717) is 6.61 Å². The van der Waals surface area contributed by atoms with Crippen LogP contribution in [0.4, 0.5) is 0 Å². The lowest BCUT2D eigenvalue weighted by atomic mass is 10.1. The molecular formula is C17H32O5. The van der Waals surface area contributed by atoms with E-state index >= 15 is 0 Å². The molecule has 3 N–H and O–H groups in total. The topological polar surface area (TPSA) is 79.2 Å². The molecule has 5 heteroatoms. The zero-order valence-corrected chi connectivity index (χ0v) is 13.7. The van der Waals surface area contributed by atoms with Gasteiger partial charge in [0.25, 0.3) is 0 Å². The van der Waals surface area contributed by atoms with E-state index in [1.165, 1.54) is 25.7 Å². The average Bonchev–Trinajstić information content (AvgIpc) is 2.89. The third kappa shape index (κ3) is 7.20. The van der Waals surface area contributed by atoms with Crippen molar-refractivity contribution in [2.45, 2.75) is 76.3 Å². The second-order valence-electron chi connectivity index (χ2n) is 5.91. The summed E-state index contributed by atoms with van der Waals surface area (Å²) in [5.41, 5.74) is 0. The van der Waals surface area contributed by atoms with Crippen LogP contribution < -0.4 is 0 Å². The summed E-state index contributed by atoms with van der Waals surface area (Å²) in [5, 5.41) is 28.3. The monoisotopic (exact) mass is 316 g/mol. The van der Waals surface area contributed by atoms with E-state index in [0.717, 1.165) is 19.3 Å². The fraction of sp³-hybridized carbons (Fsp3) is 0.882. The molecule has 0 unspecified atom stereocenters. The van der Waals surface area contributed by atoms with Crippen molar-refractivity contribution in [2.24, 2.45) is 0 Å². The number of hydrogen-bond acceptors (Lipinski definition) is 5. The molecule has 1 rings (SSSR count). The molecule has 4 atom stereocenters. The first kappa shape index (κ1) is 19.6. The molecule has 0 bridgehead atoms. The Morgan fingerprint density at radius 2 is 1.91 bits per heavy atom. The molecule has 0 aliphatic carbocycles. The number of aliphatic hydroxyl groups excluding tert-OH is 3. The van der Waals surface area contributed by atoms with Crippen molar-refractivity contribution in [1.82, 2.24) is 0 Å². The van der Waals surface area contributed by atoms with E-state index in [1.807, 2.05) is 0 Å². The van der Waals surface area contributed by atoms with Crippen LogP contribution in [-0.2, 0) is 9.47 Å². The number of unbranched alkanes of at least 4 members (excludes halogenated alkanes) is 5. The summed E-state index contributed by atoms with van der Waals surface area (Å²) in [4.78, 5) is 0. The van der Waals surface area contributed by atoms with Crippen molar-refractivity contribution in [3.05, 3.63) is 12.2 Å². The van der Waals surface area contributed by atoms with Gasteiger partial charge in [0.15, 0.2) is 0 Å². The van der Waals surface area contributed by atoms with Gasteiger partial charge in [0, 0.05) is 6.61 Å². The predicted octanol–water partition coefficient (Wildman–Crippen LogP) is 1.79. The van der Waals surface area contributed by atoms with Gasteiger partial charge < -0.3 is 24.8 Å². The molecule has 5 nitrogen and oxygen atoms in total. The second kappa shape index (κ2) is 12.0. The first-order valence-electron chi connectivity index (χ1n) is 8.55. The van der Waals surface area contributed by atoms with E-state index < -0.39 is 31.0 Å². The number of rotatable bonds is 12. The first-order valence-corrected chi connectivity index (χ1v) is 8.55.